The number of anilines is 1. The SMILES string of the molecule is COc1ccc(CCCN=C(N)Nc2cccc3c2CCCC3)cc1OC.I. The molecule has 0 bridgehead atoms. The highest BCUT2D eigenvalue weighted by atomic mass is 127. The van der Waals surface area contributed by atoms with Gasteiger partial charge in [-0.05, 0) is 73.4 Å². The highest BCUT2D eigenvalue weighted by Gasteiger charge is 2.13. The van der Waals surface area contributed by atoms with Gasteiger partial charge in [-0.1, -0.05) is 18.2 Å². The second-order valence-corrected chi connectivity index (χ2v) is 6.84. The molecule has 0 saturated carbocycles. The van der Waals surface area contributed by atoms with Crippen LogP contribution in [-0.4, -0.2) is 26.7 Å². The molecule has 3 rings (SSSR count). The van der Waals surface area contributed by atoms with Crippen LogP contribution < -0.4 is 20.5 Å². The summed E-state index contributed by atoms with van der Waals surface area (Å²) in [5.41, 5.74) is 11.2. The minimum absolute atomic E-state index is 0. The molecule has 5 nitrogen and oxygen atoms in total. The largest absolute Gasteiger partial charge is 0.493 e. The molecule has 0 atom stereocenters. The average molecular weight is 495 g/mol. The summed E-state index contributed by atoms with van der Waals surface area (Å²) in [7, 11) is 3.30. The third kappa shape index (κ3) is 5.77. The molecule has 0 fully saturated rings. The minimum Gasteiger partial charge on any atom is -0.493 e. The molecular formula is C22H30IN3O2. The van der Waals surface area contributed by atoms with Crippen LogP contribution in [0.2, 0.25) is 0 Å². The van der Waals surface area contributed by atoms with Crippen LogP contribution in [0.25, 0.3) is 0 Å². The lowest BCUT2D eigenvalue weighted by molar-refractivity contribution is 0.354. The van der Waals surface area contributed by atoms with Gasteiger partial charge in [0.2, 0.25) is 0 Å². The maximum Gasteiger partial charge on any atom is 0.193 e. The third-order valence-electron chi connectivity index (χ3n) is 5.01. The van der Waals surface area contributed by atoms with Crippen molar-refractivity contribution in [1.29, 1.82) is 0 Å². The van der Waals surface area contributed by atoms with Crippen molar-refractivity contribution >= 4 is 35.6 Å². The molecule has 0 spiro atoms. The fourth-order valence-electron chi connectivity index (χ4n) is 3.59. The number of halogens is 1. The van der Waals surface area contributed by atoms with Crippen LogP contribution in [0.1, 0.15) is 36.0 Å². The van der Waals surface area contributed by atoms with Gasteiger partial charge in [0.15, 0.2) is 17.5 Å². The van der Waals surface area contributed by atoms with Gasteiger partial charge >= 0.3 is 0 Å². The number of benzene rings is 2. The zero-order valence-electron chi connectivity index (χ0n) is 16.7. The first-order valence-electron chi connectivity index (χ1n) is 9.60. The number of hydrogen-bond donors (Lipinski definition) is 2. The van der Waals surface area contributed by atoms with Crippen molar-refractivity contribution in [3.63, 3.8) is 0 Å². The fourth-order valence-corrected chi connectivity index (χ4v) is 3.59. The molecule has 0 aromatic heterocycles. The highest BCUT2D eigenvalue weighted by Crippen LogP contribution is 2.28. The molecule has 2 aromatic rings. The van der Waals surface area contributed by atoms with Crippen LogP contribution in [0, 0.1) is 0 Å². The summed E-state index contributed by atoms with van der Waals surface area (Å²) >= 11 is 0. The van der Waals surface area contributed by atoms with Crippen LogP contribution in [0.4, 0.5) is 5.69 Å². The van der Waals surface area contributed by atoms with E-state index in [1.165, 1.54) is 29.5 Å². The molecule has 1 aliphatic carbocycles. The Bertz CT molecular complexity index is 808. The molecule has 6 heteroatoms. The van der Waals surface area contributed by atoms with E-state index in [1.54, 1.807) is 14.2 Å². The van der Waals surface area contributed by atoms with E-state index >= 15 is 0 Å². The van der Waals surface area contributed by atoms with Crippen molar-refractivity contribution < 1.29 is 9.47 Å². The Morgan fingerprint density at radius 2 is 1.86 bits per heavy atom. The summed E-state index contributed by atoms with van der Waals surface area (Å²) in [6.45, 7) is 0.683. The predicted molar refractivity (Wildman–Crippen MR) is 126 cm³/mol. The Morgan fingerprint density at radius 3 is 2.64 bits per heavy atom. The van der Waals surface area contributed by atoms with Crippen LogP contribution in [0.5, 0.6) is 11.5 Å². The van der Waals surface area contributed by atoms with Crippen LogP contribution >= 0.6 is 24.0 Å². The average Bonchev–Trinajstić information content (AvgIpc) is 2.71. The molecule has 152 valence electrons. The van der Waals surface area contributed by atoms with Crippen molar-refractivity contribution in [2.24, 2.45) is 10.7 Å². The molecule has 0 aliphatic heterocycles. The second kappa shape index (κ2) is 11.1. The number of aliphatic imine (C=N–C) groups is 1. The first-order chi connectivity index (χ1) is 13.2. The molecule has 0 unspecified atom stereocenters. The smallest absolute Gasteiger partial charge is 0.193 e. The van der Waals surface area contributed by atoms with Crippen molar-refractivity contribution in [2.45, 2.75) is 38.5 Å². The number of methoxy groups -OCH3 is 2. The van der Waals surface area contributed by atoms with Gasteiger partial charge in [0.25, 0.3) is 0 Å². The number of nitrogens with zero attached hydrogens (tertiary/aromatic N) is 1. The van der Waals surface area contributed by atoms with E-state index in [2.05, 4.69) is 34.6 Å². The first-order valence-corrected chi connectivity index (χ1v) is 9.60. The number of fused-ring (bicyclic) bond motifs is 1. The summed E-state index contributed by atoms with van der Waals surface area (Å²) in [5, 5.41) is 3.29. The van der Waals surface area contributed by atoms with Gasteiger partial charge < -0.3 is 20.5 Å². The molecule has 0 amide bonds. The Morgan fingerprint density at radius 1 is 1.07 bits per heavy atom. The topological polar surface area (TPSA) is 68.9 Å². The van der Waals surface area contributed by atoms with E-state index in [0.717, 1.165) is 42.9 Å². The summed E-state index contributed by atoms with van der Waals surface area (Å²) in [4.78, 5) is 4.49. The summed E-state index contributed by atoms with van der Waals surface area (Å²) in [6, 6.07) is 12.4. The van der Waals surface area contributed by atoms with Crippen LogP contribution in [-0.2, 0) is 19.3 Å². The standard InChI is InChI=1S/C22H29N3O2.HI/c1-26-20-13-12-16(15-21(20)27-2)7-6-14-24-22(23)25-19-11-5-9-17-8-3-4-10-18(17)19;/h5,9,11-13,15H,3-4,6-8,10,14H2,1-2H3,(H3,23,24,25);1H. The van der Waals surface area contributed by atoms with Crippen molar-refractivity contribution in [3.05, 3.63) is 53.1 Å². The van der Waals surface area contributed by atoms with E-state index in [-0.39, 0.29) is 24.0 Å². The quantitative estimate of drug-likeness (QED) is 0.256. The zero-order chi connectivity index (χ0) is 19.1. The number of ether oxygens (including phenoxy) is 2. The monoisotopic (exact) mass is 495 g/mol. The van der Waals surface area contributed by atoms with Crippen molar-refractivity contribution in [3.8, 4) is 11.5 Å². The summed E-state index contributed by atoms with van der Waals surface area (Å²) in [5.74, 6) is 1.99. The number of nitrogens with one attached hydrogen (secondary N) is 1. The van der Waals surface area contributed by atoms with Gasteiger partial charge in [0.05, 0.1) is 14.2 Å². The van der Waals surface area contributed by atoms with E-state index < -0.39 is 0 Å². The zero-order valence-corrected chi connectivity index (χ0v) is 19.0. The Balaban J connectivity index is 0.00000280. The lowest BCUT2D eigenvalue weighted by atomic mass is 9.90. The molecule has 0 heterocycles. The molecule has 28 heavy (non-hydrogen) atoms. The molecule has 2 aromatic carbocycles. The van der Waals surface area contributed by atoms with Gasteiger partial charge in [-0.25, -0.2) is 0 Å². The molecule has 1 aliphatic rings. The van der Waals surface area contributed by atoms with E-state index in [9.17, 15) is 0 Å². The maximum atomic E-state index is 6.10. The second-order valence-electron chi connectivity index (χ2n) is 6.84. The Hall–Kier alpha value is -1.96. The number of hydrogen-bond acceptors (Lipinski definition) is 3. The van der Waals surface area contributed by atoms with Crippen LogP contribution in [0.3, 0.4) is 0 Å². The fraction of sp³-hybridized carbons (Fsp3) is 0.409. The van der Waals surface area contributed by atoms with E-state index in [1.807, 2.05) is 12.1 Å². The van der Waals surface area contributed by atoms with Gasteiger partial charge in [-0.15, -0.1) is 24.0 Å². The number of rotatable bonds is 7. The lowest BCUT2D eigenvalue weighted by Gasteiger charge is -2.19. The normalized spacial score (nSPS) is 13.3. The van der Waals surface area contributed by atoms with Gasteiger partial charge in [-0.2, -0.15) is 0 Å². The Labute approximate surface area is 184 Å². The number of guanidine groups is 1. The summed E-state index contributed by atoms with van der Waals surface area (Å²) in [6.07, 6.45) is 6.63. The number of aryl methyl sites for hydroxylation is 2. The minimum atomic E-state index is 0. The molecule has 3 N–H and O–H groups in total. The molecule has 0 saturated heterocycles. The van der Waals surface area contributed by atoms with Gasteiger partial charge in [0, 0.05) is 12.2 Å². The molecule has 0 radical (unpaired) electrons. The van der Waals surface area contributed by atoms with Crippen LogP contribution in [0.15, 0.2) is 41.4 Å². The van der Waals surface area contributed by atoms with E-state index in [4.69, 9.17) is 15.2 Å². The maximum absolute atomic E-state index is 6.10. The van der Waals surface area contributed by atoms with Crippen molar-refractivity contribution in [2.75, 3.05) is 26.1 Å². The summed E-state index contributed by atoms with van der Waals surface area (Å²) < 4.78 is 10.6. The van der Waals surface area contributed by atoms with E-state index in [0.29, 0.717) is 12.5 Å². The molecular weight excluding hydrogens is 465 g/mol. The first kappa shape index (κ1) is 22.3. The number of nitrogens with two attached hydrogens (primary N) is 1. The van der Waals surface area contributed by atoms with Crippen molar-refractivity contribution in [1.82, 2.24) is 0 Å². The Kier molecular flexibility index (Phi) is 8.89. The predicted octanol–water partition coefficient (Wildman–Crippen LogP) is 4.56. The lowest BCUT2D eigenvalue weighted by Crippen LogP contribution is -2.24. The van der Waals surface area contributed by atoms with Gasteiger partial charge in [-0.3, -0.25) is 4.99 Å². The third-order valence-corrected chi connectivity index (χ3v) is 5.01. The van der Waals surface area contributed by atoms with Gasteiger partial charge in [0.1, 0.15) is 0 Å². The highest BCUT2D eigenvalue weighted by molar-refractivity contribution is 14.0.